The van der Waals surface area contributed by atoms with Gasteiger partial charge < -0.3 is 14.2 Å². The average molecular weight is 224 g/mol. The summed E-state index contributed by atoms with van der Waals surface area (Å²) in [5.41, 5.74) is 1.39. The number of hydrogen-bond donors (Lipinski definition) is 0. The van der Waals surface area contributed by atoms with E-state index in [4.69, 9.17) is 14.2 Å². The van der Waals surface area contributed by atoms with Crippen LogP contribution in [0, 0.1) is 0 Å². The van der Waals surface area contributed by atoms with Crippen LogP contribution in [-0.4, -0.2) is 27.1 Å². The van der Waals surface area contributed by atoms with E-state index in [1.54, 1.807) is 26.4 Å². The van der Waals surface area contributed by atoms with Crippen LogP contribution >= 0.6 is 0 Å². The topological polar surface area (TPSA) is 44.8 Å². The van der Waals surface area contributed by atoms with Crippen LogP contribution in [0.5, 0.6) is 11.5 Å². The second-order valence-corrected chi connectivity index (χ2v) is 3.37. The molecule has 0 saturated heterocycles. The molecule has 0 bridgehead atoms. The predicted octanol–water partition coefficient (Wildman–Crippen LogP) is 2.05. The number of methoxy groups -OCH3 is 3. The van der Waals surface area contributed by atoms with Gasteiger partial charge in [-0.1, -0.05) is 0 Å². The van der Waals surface area contributed by atoms with Gasteiger partial charge in [0.15, 0.2) is 17.3 Å². The highest BCUT2D eigenvalue weighted by Crippen LogP contribution is 2.33. The van der Waals surface area contributed by atoms with Crippen molar-refractivity contribution in [2.45, 2.75) is 13.5 Å². The molecular formula is C12H16O4. The van der Waals surface area contributed by atoms with Crippen LogP contribution < -0.4 is 9.47 Å². The van der Waals surface area contributed by atoms with Crippen molar-refractivity contribution in [3.63, 3.8) is 0 Å². The Bertz CT molecular complexity index is 385. The first-order valence-electron chi connectivity index (χ1n) is 4.88. The minimum atomic E-state index is -0.0619. The molecule has 0 aliphatic heterocycles. The quantitative estimate of drug-likeness (QED) is 0.718. The van der Waals surface area contributed by atoms with Gasteiger partial charge >= 0.3 is 0 Å². The number of rotatable bonds is 5. The summed E-state index contributed by atoms with van der Waals surface area (Å²) in [5, 5.41) is 0. The summed E-state index contributed by atoms with van der Waals surface area (Å²) in [7, 11) is 4.66. The summed E-state index contributed by atoms with van der Waals surface area (Å²) in [4.78, 5) is 11.5. The van der Waals surface area contributed by atoms with Crippen LogP contribution in [-0.2, 0) is 11.3 Å². The average Bonchev–Trinajstić information content (AvgIpc) is 2.28. The molecule has 0 saturated carbocycles. The summed E-state index contributed by atoms with van der Waals surface area (Å²) in [6.07, 6.45) is 0. The van der Waals surface area contributed by atoms with Gasteiger partial charge in [-0.25, -0.2) is 0 Å². The van der Waals surface area contributed by atoms with E-state index < -0.39 is 0 Å². The normalized spacial score (nSPS) is 10.0. The van der Waals surface area contributed by atoms with E-state index in [0.29, 0.717) is 23.7 Å². The monoisotopic (exact) mass is 224 g/mol. The highest BCUT2D eigenvalue weighted by Gasteiger charge is 2.15. The summed E-state index contributed by atoms with van der Waals surface area (Å²) in [6.45, 7) is 1.93. The van der Waals surface area contributed by atoms with Gasteiger partial charge in [0, 0.05) is 7.11 Å². The molecule has 4 nitrogen and oxygen atoms in total. The van der Waals surface area contributed by atoms with E-state index in [9.17, 15) is 4.79 Å². The highest BCUT2D eigenvalue weighted by molar-refractivity contribution is 5.98. The molecule has 0 aliphatic carbocycles. The standard InChI is InChI=1S/C12H16O4/c1-8(13)10-5-9(7-14-2)6-11(15-3)12(10)16-4/h5-6H,7H2,1-4H3. The molecule has 0 aromatic heterocycles. The van der Waals surface area contributed by atoms with Crippen LogP contribution in [0.15, 0.2) is 12.1 Å². The molecule has 0 amide bonds. The SMILES string of the molecule is COCc1cc(OC)c(OC)c(C(C)=O)c1. The molecule has 4 heteroatoms. The second-order valence-electron chi connectivity index (χ2n) is 3.37. The molecule has 1 aromatic carbocycles. The van der Waals surface area contributed by atoms with Crippen molar-refractivity contribution in [2.24, 2.45) is 0 Å². The molecule has 0 N–H and O–H groups in total. The predicted molar refractivity (Wildman–Crippen MR) is 60.3 cm³/mol. The molecule has 1 aromatic rings. The Kier molecular flexibility index (Phi) is 4.31. The molecule has 16 heavy (non-hydrogen) atoms. The van der Waals surface area contributed by atoms with Crippen molar-refractivity contribution in [1.82, 2.24) is 0 Å². The third-order valence-electron chi connectivity index (χ3n) is 2.23. The smallest absolute Gasteiger partial charge is 0.171 e. The number of ether oxygens (including phenoxy) is 3. The molecule has 0 radical (unpaired) electrons. The lowest BCUT2D eigenvalue weighted by molar-refractivity contribution is 0.101. The number of carbonyl (C=O) groups is 1. The van der Waals surface area contributed by atoms with E-state index in [1.165, 1.54) is 14.0 Å². The van der Waals surface area contributed by atoms with Crippen molar-refractivity contribution in [3.8, 4) is 11.5 Å². The Morgan fingerprint density at radius 1 is 1.19 bits per heavy atom. The number of carbonyl (C=O) groups excluding carboxylic acids is 1. The van der Waals surface area contributed by atoms with Gasteiger partial charge in [-0.05, 0) is 24.6 Å². The van der Waals surface area contributed by atoms with Crippen LogP contribution in [0.3, 0.4) is 0 Å². The van der Waals surface area contributed by atoms with Gasteiger partial charge in [-0.2, -0.15) is 0 Å². The van der Waals surface area contributed by atoms with E-state index in [1.807, 2.05) is 0 Å². The van der Waals surface area contributed by atoms with Crippen molar-refractivity contribution in [3.05, 3.63) is 23.3 Å². The lowest BCUT2D eigenvalue weighted by atomic mass is 10.1. The Morgan fingerprint density at radius 2 is 1.88 bits per heavy atom. The third kappa shape index (κ3) is 2.52. The van der Waals surface area contributed by atoms with Gasteiger partial charge in [0.05, 0.1) is 26.4 Å². The minimum Gasteiger partial charge on any atom is -0.493 e. The van der Waals surface area contributed by atoms with Crippen LogP contribution in [0.25, 0.3) is 0 Å². The Hall–Kier alpha value is -1.55. The maximum absolute atomic E-state index is 11.5. The van der Waals surface area contributed by atoms with Crippen molar-refractivity contribution >= 4 is 5.78 Å². The van der Waals surface area contributed by atoms with Gasteiger partial charge in [0.1, 0.15) is 0 Å². The molecule has 0 spiro atoms. The van der Waals surface area contributed by atoms with Crippen molar-refractivity contribution in [2.75, 3.05) is 21.3 Å². The Labute approximate surface area is 95.1 Å². The van der Waals surface area contributed by atoms with Gasteiger partial charge in [0.2, 0.25) is 0 Å². The van der Waals surface area contributed by atoms with Crippen LogP contribution in [0.2, 0.25) is 0 Å². The molecule has 0 fully saturated rings. The number of benzene rings is 1. The third-order valence-corrected chi connectivity index (χ3v) is 2.23. The number of ketones is 1. The Morgan fingerprint density at radius 3 is 2.31 bits per heavy atom. The van der Waals surface area contributed by atoms with Crippen LogP contribution in [0.4, 0.5) is 0 Å². The van der Waals surface area contributed by atoms with Crippen LogP contribution in [0.1, 0.15) is 22.8 Å². The fourth-order valence-corrected chi connectivity index (χ4v) is 1.53. The molecule has 0 unspecified atom stereocenters. The molecule has 0 aliphatic rings. The van der Waals surface area contributed by atoms with Gasteiger partial charge in [-0.15, -0.1) is 0 Å². The Balaban J connectivity index is 3.31. The maximum Gasteiger partial charge on any atom is 0.171 e. The largest absolute Gasteiger partial charge is 0.493 e. The van der Waals surface area contributed by atoms with Gasteiger partial charge in [-0.3, -0.25) is 4.79 Å². The van der Waals surface area contributed by atoms with E-state index >= 15 is 0 Å². The van der Waals surface area contributed by atoms with Crippen molar-refractivity contribution < 1.29 is 19.0 Å². The van der Waals surface area contributed by atoms with E-state index in [2.05, 4.69) is 0 Å². The summed E-state index contributed by atoms with van der Waals surface area (Å²) in [5.74, 6) is 0.949. The molecule has 1 rings (SSSR count). The highest BCUT2D eigenvalue weighted by atomic mass is 16.5. The van der Waals surface area contributed by atoms with E-state index in [0.717, 1.165) is 5.56 Å². The molecular weight excluding hydrogens is 208 g/mol. The summed E-state index contributed by atoms with van der Waals surface area (Å²) >= 11 is 0. The van der Waals surface area contributed by atoms with E-state index in [-0.39, 0.29) is 5.78 Å². The zero-order chi connectivity index (χ0) is 12.1. The number of hydrogen-bond acceptors (Lipinski definition) is 4. The molecule has 0 heterocycles. The molecule has 0 atom stereocenters. The first-order chi connectivity index (χ1) is 7.63. The number of Topliss-reactive ketones (excluding diaryl/α,β-unsaturated/α-hetero) is 1. The molecule has 88 valence electrons. The zero-order valence-corrected chi connectivity index (χ0v) is 9.99. The fraction of sp³-hybridized carbons (Fsp3) is 0.417. The fourth-order valence-electron chi connectivity index (χ4n) is 1.53. The van der Waals surface area contributed by atoms with Crippen molar-refractivity contribution in [1.29, 1.82) is 0 Å². The minimum absolute atomic E-state index is 0.0619. The maximum atomic E-state index is 11.5. The lowest BCUT2D eigenvalue weighted by Gasteiger charge is -2.13. The summed E-state index contributed by atoms with van der Waals surface area (Å²) in [6, 6.07) is 3.56. The first-order valence-corrected chi connectivity index (χ1v) is 4.88. The first kappa shape index (κ1) is 12.5. The second kappa shape index (κ2) is 5.51. The summed E-state index contributed by atoms with van der Waals surface area (Å²) < 4.78 is 15.4. The van der Waals surface area contributed by atoms with Gasteiger partial charge in [0.25, 0.3) is 0 Å². The lowest BCUT2D eigenvalue weighted by Crippen LogP contribution is -2.02. The zero-order valence-electron chi connectivity index (χ0n) is 9.99.